The highest BCUT2D eigenvalue weighted by Gasteiger charge is 2.40. The van der Waals surface area contributed by atoms with E-state index in [1.54, 1.807) is 0 Å². The molecule has 0 N–H and O–H groups in total. The van der Waals surface area contributed by atoms with Crippen molar-refractivity contribution >= 4 is 98.7 Å². The van der Waals surface area contributed by atoms with Gasteiger partial charge in [-0.25, -0.2) is 0 Å². The number of nitrogens with zero attached hydrogens (tertiary/aromatic N) is 4. The molecule has 11 rings (SSSR count). The van der Waals surface area contributed by atoms with E-state index < -0.39 is 0 Å². The lowest BCUT2D eigenvalue weighted by Crippen LogP contribution is -2.41. The number of piperidine rings is 2. The van der Waals surface area contributed by atoms with Crippen LogP contribution in [0.3, 0.4) is 0 Å². The number of fused-ring (bicyclic) bond motifs is 5. The fourth-order valence-electron chi connectivity index (χ4n) is 13.0. The van der Waals surface area contributed by atoms with Crippen molar-refractivity contribution in [2.24, 2.45) is 23.7 Å². The Balaban J connectivity index is 0.000000167. The van der Waals surface area contributed by atoms with E-state index in [1.165, 1.54) is 49.1 Å². The van der Waals surface area contributed by atoms with E-state index in [9.17, 15) is 19.2 Å². The molecule has 3 fully saturated rings. The molecule has 2 unspecified atom stereocenters. The van der Waals surface area contributed by atoms with Gasteiger partial charge in [0, 0.05) is 110 Å². The van der Waals surface area contributed by atoms with Crippen LogP contribution in [-0.4, -0.2) is 69.3 Å². The first-order chi connectivity index (χ1) is 34.7. The molecule has 0 spiro atoms. The predicted molar refractivity (Wildman–Crippen MR) is 298 cm³/mol. The summed E-state index contributed by atoms with van der Waals surface area (Å²) in [5.41, 5.74) is 14.6. The molecule has 0 bridgehead atoms. The van der Waals surface area contributed by atoms with Gasteiger partial charge in [-0.1, -0.05) is 79.7 Å². The van der Waals surface area contributed by atoms with Crippen LogP contribution >= 0.6 is 75.3 Å². The summed E-state index contributed by atoms with van der Waals surface area (Å²) in [6.07, 6.45) is 16.4. The second kappa shape index (κ2) is 22.3. The lowest BCUT2D eigenvalue weighted by atomic mass is 9.76. The van der Waals surface area contributed by atoms with Crippen molar-refractivity contribution in [3.05, 3.63) is 157 Å². The van der Waals surface area contributed by atoms with Crippen molar-refractivity contribution in [2.75, 3.05) is 26.2 Å². The number of aromatic nitrogens is 2. The van der Waals surface area contributed by atoms with Gasteiger partial charge < -0.3 is 9.80 Å². The highest BCUT2D eigenvalue weighted by Crippen LogP contribution is 2.48. The third-order valence-electron chi connectivity index (χ3n) is 16.6. The maximum absolute atomic E-state index is 13.3. The van der Waals surface area contributed by atoms with Gasteiger partial charge in [0.1, 0.15) is 5.78 Å². The molecule has 2 amide bonds. The van der Waals surface area contributed by atoms with Gasteiger partial charge in [-0.3, -0.25) is 29.1 Å². The van der Waals surface area contributed by atoms with Gasteiger partial charge in [0.15, 0.2) is 5.78 Å². The summed E-state index contributed by atoms with van der Waals surface area (Å²) in [6, 6.07) is 19.1. The van der Waals surface area contributed by atoms with Crippen molar-refractivity contribution in [1.29, 1.82) is 0 Å². The Morgan fingerprint density at radius 2 is 1.10 bits per heavy atom. The molecule has 4 atom stereocenters. The Kier molecular flexibility index (Phi) is 16.1. The van der Waals surface area contributed by atoms with Gasteiger partial charge in [0.2, 0.25) is 11.8 Å². The van der Waals surface area contributed by atoms with Crippen LogP contribution in [0.25, 0.3) is 0 Å². The number of carbonyl (C=O) groups excluding carboxylic acids is 4. The molecule has 5 aromatic rings. The monoisotopic (exact) mass is 1240 g/mol. The molecule has 2 aliphatic heterocycles. The van der Waals surface area contributed by atoms with E-state index in [0.29, 0.717) is 56.4 Å². The van der Waals surface area contributed by atoms with Crippen LogP contribution in [0.5, 0.6) is 0 Å². The number of hydrogen-bond acceptors (Lipinski definition) is 6. The van der Waals surface area contributed by atoms with E-state index >= 15 is 0 Å². The molecule has 4 heterocycles. The number of pyridine rings is 2. The zero-order valence-electron chi connectivity index (χ0n) is 41.1. The number of aryl methyl sites for hydroxylation is 6. The average molecular weight is 1250 g/mol. The lowest BCUT2D eigenvalue weighted by molar-refractivity contribution is -0.137. The second-order valence-corrected chi connectivity index (χ2v) is 25.3. The van der Waals surface area contributed by atoms with Crippen molar-refractivity contribution in [1.82, 2.24) is 19.8 Å². The number of carbonyl (C=O) groups is 4. The molecule has 2 saturated heterocycles. The molecule has 1 saturated carbocycles. The Bertz CT molecular complexity index is 2950. The van der Waals surface area contributed by atoms with Crippen molar-refractivity contribution in [3.8, 4) is 0 Å². The van der Waals surface area contributed by atoms with E-state index in [-0.39, 0.29) is 41.3 Å². The van der Waals surface area contributed by atoms with Crippen LogP contribution in [0.2, 0.25) is 5.02 Å². The largest absolute Gasteiger partial charge is 0.343 e. The number of halogens is 5. The fraction of sp³-hybridized carbons (Fsp3) is 0.458. The summed E-state index contributed by atoms with van der Waals surface area (Å²) in [5, 5.41) is 0.744. The molecule has 8 nitrogen and oxygen atoms in total. The SMILES string of the molecule is Cc1cc(Br)c2c(c1)CCc1cc(Br)cnc1[C@@H]2C1CCN(C(=O)CC2CCCCC2=O)CC1.Cc1ccc2c(c1)CC(CC(=O)N1CCC([C@H]3c4ncc(Br)cc4CCc4cc(Cl)cc(Br)c43)CC1)C2=O. The Morgan fingerprint density at radius 3 is 1.67 bits per heavy atom. The summed E-state index contributed by atoms with van der Waals surface area (Å²) in [7, 11) is 0. The first-order valence-corrected chi connectivity index (χ1v) is 29.5. The predicted octanol–water partition coefficient (Wildman–Crippen LogP) is 14.0. The number of hydrogen-bond donors (Lipinski definition) is 0. The maximum atomic E-state index is 13.3. The number of amides is 2. The number of benzene rings is 3. The van der Waals surface area contributed by atoms with Crippen LogP contribution in [0.15, 0.2) is 84.9 Å². The first kappa shape index (κ1) is 51.9. The normalized spacial score (nSPS) is 22.1. The number of ketones is 2. The summed E-state index contributed by atoms with van der Waals surface area (Å²) in [4.78, 5) is 65.4. The molecule has 2 aromatic heterocycles. The summed E-state index contributed by atoms with van der Waals surface area (Å²) < 4.78 is 4.25. The van der Waals surface area contributed by atoms with Crippen LogP contribution in [0.4, 0.5) is 0 Å². The minimum Gasteiger partial charge on any atom is -0.343 e. The van der Waals surface area contributed by atoms with Gasteiger partial charge in [0.25, 0.3) is 0 Å². The third-order valence-corrected chi connectivity index (χ3v) is 19.0. The van der Waals surface area contributed by atoms with E-state index in [2.05, 4.69) is 107 Å². The molecule has 13 heteroatoms. The topological polar surface area (TPSA) is 101 Å². The van der Waals surface area contributed by atoms with Crippen molar-refractivity contribution in [3.63, 3.8) is 0 Å². The first-order valence-electron chi connectivity index (χ1n) is 26.0. The lowest BCUT2D eigenvalue weighted by Gasteiger charge is -2.37. The summed E-state index contributed by atoms with van der Waals surface area (Å²) in [5.74, 6) is 1.56. The number of likely N-dealkylation sites (tertiary alicyclic amines) is 2. The quantitative estimate of drug-likeness (QED) is 0.168. The summed E-state index contributed by atoms with van der Waals surface area (Å²) >= 11 is 21.4. The Hall–Kier alpha value is -3.55. The minimum absolute atomic E-state index is 0.0542. The van der Waals surface area contributed by atoms with Crippen LogP contribution in [0.1, 0.15) is 148 Å². The molecule has 3 aromatic carbocycles. The van der Waals surface area contributed by atoms with Crippen molar-refractivity contribution in [2.45, 2.75) is 122 Å². The van der Waals surface area contributed by atoms with Gasteiger partial charge in [-0.05, 0) is 203 Å². The molecule has 4 aliphatic carbocycles. The van der Waals surface area contributed by atoms with Crippen LogP contribution < -0.4 is 0 Å². The average Bonchev–Trinajstić information content (AvgIpc) is 3.46. The van der Waals surface area contributed by atoms with Crippen molar-refractivity contribution < 1.29 is 19.2 Å². The molecule has 72 heavy (non-hydrogen) atoms. The highest BCUT2D eigenvalue weighted by atomic mass is 79.9. The van der Waals surface area contributed by atoms with Crippen LogP contribution in [-0.2, 0) is 46.5 Å². The molecule has 376 valence electrons. The zero-order chi connectivity index (χ0) is 50.4. The Labute approximate surface area is 462 Å². The maximum Gasteiger partial charge on any atom is 0.223 e. The molecule has 6 aliphatic rings. The molecule has 0 radical (unpaired) electrons. The molecular formula is C59H61Br4ClN4O4. The summed E-state index contributed by atoms with van der Waals surface area (Å²) in [6.45, 7) is 7.16. The minimum atomic E-state index is -0.235. The standard InChI is InChI=1S/C31H29Br2ClN2O2.C28H32Br2N2O2/c1-17-2-5-25-21(10-17)11-22(31(25)38)14-27(37)36-8-6-18(7-9-36)29-28-19(13-24(34)15-26(28)33)3-4-20-12-23(32)16-35-30(20)29;1-17-12-20-6-7-21-14-22(29)16-31-28(21)27(26(20)23(30)13-17)18-8-10-32(11-9-18)25(34)15-19-4-2-3-5-24(19)33/h2,5,10,12-13,15-16,18,22,29H,3-4,6-9,11,14H2,1H3;12-14,16,18-19,27H,2-11,15H2,1H3/t22?,29-;19?,27-/m11/s1. The smallest absolute Gasteiger partial charge is 0.223 e. The van der Waals surface area contributed by atoms with Gasteiger partial charge in [-0.15, -0.1) is 0 Å². The van der Waals surface area contributed by atoms with Gasteiger partial charge >= 0.3 is 0 Å². The highest BCUT2D eigenvalue weighted by molar-refractivity contribution is 9.11. The van der Waals surface area contributed by atoms with Crippen LogP contribution in [0, 0.1) is 37.5 Å². The number of rotatable bonds is 6. The van der Waals surface area contributed by atoms with E-state index in [0.717, 1.165) is 125 Å². The Morgan fingerprint density at radius 1 is 0.583 bits per heavy atom. The molecular weight excluding hydrogens is 1180 g/mol. The second-order valence-electron chi connectivity index (χ2n) is 21.3. The number of Topliss-reactive ketones (excluding diaryl/α,β-unsaturated/α-hetero) is 2. The fourth-order valence-corrected chi connectivity index (χ4v) is 15.8. The van der Waals surface area contributed by atoms with Gasteiger partial charge in [-0.2, -0.15) is 0 Å². The van der Waals surface area contributed by atoms with E-state index in [1.807, 2.05) is 47.3 Å². The zero-order valence-corrected chi connectivity index (χ0v) is 48.2. The van der Waals surface area contributed by atoms with E-state index in [4.69, 9.17) is 21.6 Å². The van der Waals surface area contributed by atoms with Gasteiger partial charge in [0.05, 0.1) is 11.4 Å². The third kappa shape index (κ3) is 11.1.